The minimum absolute atomic E-state index is 0.107. The van der Waals surface area contributed by atoms with Crippen molar-refractivity contribution in [3.8, 4) is 5.75 Å². The smallest absolute Gasteiger partial charge is 0.159 e. The van der Waals surface area contributed by atoms with E-state index in [0.717, 1.165) is 50.4 Å². The van der Waals surface area contributed by atoms with Gasteiger partial charge in [0.15, 0.2) is 5.78 Å². The Morgan fingerprint density at radius 2 is 1.95 bits per heavy atom. The Hall–Kier alpha value is -1.35. The number of carbonyl (C=O) groups excluding carboxylic acids is 1. The summed E-state index contributed by atoms with van der Waals surface area (Å²) in [6.45, 7) is 7.74. The SMILES string of the molecule is CCCCOc1cc(CN2CCCCC2)cc(C(C)=O)c1. The number of carbonyl (C=O) groups is 1. The third kappa shape index (κ3) is 5.16. The first-order valence-corrected chi connectivity index (χ1v) is 8.19. The van der Waals surface area contributed by atoms with Crippen molar-refractivity contribution in [1.29, 1.82) is 0 Å². The maximum absolute atomic E-state index is 11.7. The van der Waals surface area contributed by atoms with Crippen LogP contribution in [0.4, 0.5) is 0 Å². The second-order valence-corrected chi connectivity index (χ2v) is 5.96. The molecule has 3 nitrogen and oxygen atoms in total. The summed E-state index contributed by atoms with van der Waals surface area (Å²) in [7, 11) is 0. The minimum atomic E-state index is 0.107. The Kier molecular flexibility index (Phi) is 6.24. The average molecular weight is 289 g/mol. The lowest BCUT2D eigenvalue weighted by molar-refractivity contribution is 0.101. The van der Waals surface area contributed by atoms with Crippen molar-refractivity contribution in [2.45, 2.75) is 52.5 Å². The number of benzene rings is 1. The van der Waals surface area contributed by atoms with Crippen molar-refractivity contribution in [2.75, 3.05) is 19.7 Å². The molecule has 1 aromatic carbocycles. The lowest BCUT2D eigenvalue weighted by atomic mass is 10.1. The lowest BCUT2D eigenvalue weighted by Gasteiger charge is -2.26. The topological polar surface area (TPSA) is 29.5 Å². The number of rotatable bonds is 7. The van der Waals surface area contributed by atoms with E-state index in [4.69, 9.17) is 4.74 Å². The van der Waals surface area contributed by atoms with Crippen LogP contribution < -0.4 is 4.74 Å². The molecule has 0 atom stereocenters. The zero-order chi connectivity index (χ0) is 15.1. The van der Waals surface area contributed by atoms with Gasteiger partial charge in [-0.2, -0.15) is 0 Å². The van der Waals surface area contributed by atoms with Gasteiger partial charge in [0.1, 0.15) is 5.75 Å². The molecule has 116 valence electrons. The monoisotopic (exact) mass is 289 g/mol. The number of unbranched alkanes of at least 4 members (excludes halogenated alkanes) is 1. The highest BCUT2D eigenvalue weighted by Gasteiger charge is 2.12. The molecule has 0 saturated carbocycles. The summed E-state index contributed by atoms with van der Waals surface area (Å²) in [5, 5.41) is 0. The van der Waals surface area contributed by atoms with E-state index in [1.165, 1.54) is 24.8 Å². The number of likely N-dealkylation sites (tertiary alicyclic amines) is 1. The van der Waals surface area contributed by atoms with Gasteiger partial charge in [0.25, 0.3) is 0 Å². The van der Waals surface area contributed by atoms with E-state index in [0.29, 0.717) is 0 Å². The van der Waals surface area contributed by atoms with E-state index in [2.05, 4.69) is 17.9 Å². The lowest BCUT2D eigenvalue weighted by Crippen LogP contribution is -2.29. The molecule has 0 spiro atoms. The zero-order valence-corrected chi connectivity index (χ0v) is 13.4. The molecular weight excluding hydrogens is 262 g/mol. The summed E-state index contributed by atoms with van der Waals surface area (Å²) in [5.41, 5.74) is 1.95. The van der Waals surface area contributed by atoms with Gasteiger partial charge in [-0.1, -0.05) is 19.8 Å². The fraction of sp³-hybridized carbons (Fsp3) is 0.611. The van der Waals surface area contributed by atoms with Crippen LogP contribution in [0.1, 0.15) is 61.9 Å². The number of ether oxygens (including phenoxy) is 1. The molecule has 1 aliphatic heterocycles. The Morgan fingerprint density at radius 3 is 2.62 bits per heavy atom. The fourth-order valence-electron chi connectivity index (χ4n) is 2.75. The highest BCUT2D eigenvalue weighted by Crippen LogP contribution is 2.21. The van der Waals surface area contributed by atoms with Gasteiger partial charge in [0.05, 0.1) is 6.61 Å². The summed E-state index contributed by atoms with van der Waals surface area (Å²) in [5.74, 6) is 0.944. The van der Waals surface area contributed by atoms with Crippen molar-refractivity contribution in [3.05, 3.63) is 29.3 Å². The maximum Gasteiger partial charge on any atom is 0.159 e. The van der Waals surface area contributed by atoms with Crippen molar-refractivity contribution in [3.63, 3.8) is 0 Å². The highest BCUT2D eigenvalue weighted by molar-refractivity contribution is 5.94. The van der Waals surface area contributed by atoms with Crippen molar-refractivity contribution >= 4 is 5.78 Å². The predicted molar refractivity (Wildman–Crippen MR) is 86.0 cm³/mol. The van der Waals surface area contributed by atoms with Crippen LogP contribution in [0.5, 0.6) is 5.75 Å². The molecule has 0 bridgehead atoms. The molecular formula is C18H27NO2. The van der Waals surface area contributed by atoms with Gasteiger partial charge in [-0.3, -0.25) is 9.69 Å². The normalized spacial score (nSPS) is 15.9. The van der Waals surface area contributed by atoms with Gasteiger partial charge in [-0.25, -0.2) is 0 Å². The van der Waals surface area contributed by atoms with Crippen LogP contribution in [-0.4, -0.2) is 30.4 Å². The Morgan fingerprint density at radius 1 is 1.19 bits per heavy atom. The summed E-state index contributed by atoms with van der Waals surface area (Å²) in [4.78, 5) is 14.2. The standard InChI is InChI=1S/C18H27NO2/c1-3-4-10-21-18-12-16(11-17(13-18)15(2)20)14-19-8-6-5-7-9-19/h11-13H,3-10,14H2,1-2H3. The van der Waals surface area contributed by atoms with Crippen molar-refractivity contribution < 1.29 is 9.53 Å². The number of hydrogen-bond donors (Lipinski definition) is 0. The van der Waals surface area contributed by atoms with Gasteiger partial charge < -0.3 is 4.74 Å². The third-order valence-electron chi connectivity index (χ3n) is 3.99. The summed E-state index contributed by atoms with van der Waals surface area (Å²) >= 11 is 0. The van der Waals surface area contributed by atoms with E-state index in [1.807, 2.05) is 12.1 Å². The molecule has 0 unspecified atom stereocenters. The number of piperidine rings is 1. The molecule has 21 heavy (non-hydrogen) atoms. The van der Waals surface area contributed by atoms with Crippen LogP contribution >= 0.6 is 0 Å². The summed E-state index contributed by atoms with van der Waals surface area (Å²) in [6, 6.07) is 5.98. The first-order valence-electron chi connectivity index (χ1n) is 8.19. The number of ketones is 1. The quantitative estimate of drug-likeness (QED) is 0.560. The largest absolute Gasteiger partial charge is 0.494 e. The first-order chi connectivity index (χ1) is 10.2. The van der Waals surface area contributed by atoms with E-state index in [1.54, 1.807) is 6.92 Å². The summed E-state index contributed by atoms with van der Waals surface area (Å²) in [6.07, 6.45) is 6.08. The van der Waals surface area contributed by atoms with Gasteiger partial charge in [-0.05, 0) is 63.0 Å². The predicted octanol–water partition coefficient (Wildman–Crippen LogP) is 4.05. The summed E-state index contributed by atoms with van der Waals surface area (Å²) < 4.78 is 5.80. The number of Topliss-reactive ketones (excluding diaryl/α,β-unsaturated/α-hetero) is 1. The fourth-order valence-corrected chi connectivity index (χ4v) is 2.75. The molecule has 2 rings (SSSR count). The molecule has 0 radical (unpaired) electrons. The molecule has 0 aromatic heterocycles. The van der Waals surface area contributed by atoms with Crippen LogP contribution in [0, 0.1) is 0 Å². The van der Waals surface area contributed by atoms with Gasteiger partial charge in [-0.15, -0.1) is 0 Å². The van der Waals surface area contributed by atoms with E-state index < -0.39 is 0 Å². The average Bonchev–Trinajstić information content (AvgIpc) is 2.48. The van der Waals surface area contributed by atoms with Crippen LogP contribution in [0.3, 0.4) is 0 Å². The molecule has 0 amide bonds. The molecule has 0 N–H and O–H groups in total. The van der Waals surface area contributed by atoms with Gasteiger partial charge in [0, 0.05) is 12.1 Å². The maximum atomic E-state index is 11.7. The number of nitrogens with zero attached hydrogens (tertiary/aromatic N) is 1. The Labute approximate surface area is 128 Å². The molecule has 1 heterocycles. The molecule has 1 saturated heterocycles. The Bertz CT molecular complexity index is 464. The third-order valence-corrected chi connectivity index (χ3v) is 3.99. The molecule has 1 aliphatic rings. The van der Waals surface area contributed by atoms with Crippen molar-refractivity contribution in [2.24, 2.45) is 0 Å². The van der Waals surface area contributed by atoms with Crippen LogP contribution in [0.25, 0.3) is 0 Å². The molecule has 1 aromatic rings. The molecule has 1 fully saturated rings. The van der Waals surface area contributed by atoms with E-state index >= 15 is 0 Å². The number of hydrogen-bond acceptors (Lipinski definition) is 3. The van der Waals surface area contributed by atoms with Gasteiger partial charge >= 0.3 is 0 Å². The van der Waals surface area contributed by atoms with E-state index in [9.17, 15) is 4.79 Å². The van der Waals surface area contributed by atoms with E-state index in [-0.39, 0.29) is 5.78 Å². The highest BCUT2D eigenvalue weighted by atomic mass is 16.5. The van der Waals surface area contributed by atoms with Gasteiger partial charge in [0.2, 0.25) is 0 Å². The van der Waals surface area contributed by atoms with Crippen LogP contribution in [0.2, 0.25) is 0 Å². The van der Waals surface area contributed by atoms with Crippen LogP contribution in [0.15, 0.2) is 18.2 Å². The second-order valence-electron chi connectivity index (χ2n) is 5.96. The minimum Gasteiger partial charge on any atom is -0.494 e. The zero-order valence-electron chi connectivity index (χ0n) is 13.4. The molecule has 3 heteroatoms. The Balaban J connectivity index is 2.08. The first kappa shape index (κ1) is 16.0. The van der Waals surface area contributed by atoms with Crippen LogP contribution in [-0.2, 0) is 6.54 Å². The van der Waals surface area contributed by atoms with Crippen molar-refractivity contribution in [1.82, 2.24) is 4.90 Å². The molecule has 0 aliphatic carbocycles. The second kappa shape index (κ2) is 8.18.